The summed E-state index contributed by atoms with van der Waals surface area (Å²) in [7, 11) is 2.12. The predicted molar refractivity (Wildman–Crippen MR) is 84.3 cm³/mol. The molecule has 0 atom stereocenters. The molecule has 0 amide bonds. The minimum atomic E-state index is 0.458. The molecule has 1 N–H and O–H groups in total. The maximum Gasteiger partial charge on any atom is 0.249 e. The van der Waals surface area contributed by atoms with Gasteiger partial charge in [-0.25, -0.2) is 0 Å². The molecule has 110 valence electrons. The van der Waals surface area contributed by atoms with Gasteiger partial charge < -0.3 is 15.1 Å². The second-order valence-electron chi connectivity index (χ2n) is 5.03. The lowest BCUT2D eigenvalue weighted by Crippen LogP contribution is -2.44. The third-order valence-corrected chi connectivity index (χ3v) is 3.82. The van der Waals surface area contributed by atoms with Gasteiger partial charge in [0.25, 0.3) is 0 Å². The fourth-order valence-electron chi connectivity index (χ4n) is 2.22. The predicted octanol–water partition coefficient (Wildman–Crippen LogP) is 2.02. The lowest BCUT2D eigenvalue weighted by molar-refractivity contribution is 0.312. The Morgan fingerprint density at radius 2 is 1.90 bits per heavy atom. The van der Waals surface area contributed by atoms with Gasteiger partial charge in [-0.1, -0.05) is 23.7 Å². The summed E-state index contributed by atoms with van der Waals surface area (Å²) in [5, 5.41) is 11.8. The molecule has 0 unspecified atom stereocenters. The Morgan fingerprint density at radius 3 is 2.67 bits per heavy atom. The summed E-state index contributed by atoms with van der Waals surface area (Å²) >= 11 is 6.12. The second-order valence-corrected chi connectivity index (χ2v) is 5.44. The zero-order valence-electron chi connectivity index (χ0n) is 11.8. The van der Waals surface area contributed by atoms with Crippen molar-refractivity contribution in [1.82, 2.24) is 20.1 Å². The molecular weight excluding hydrogens is 288 g/mol. The van der Waals surface area contributed by atoms with Crippen LogP contribution >= 0.6 is 11.6 Å². The number of benzene rings is 1. The molecule has 0 radical (unpaired) electrons. The van der Waals surface area contributed by atoms with Crippen LogP contribution < -0.4 is 10.2 Å². The first-order valence-corrected chi connectivity index (χ1v) is 7.25. The number of para-hydroxylation sites is 1. The second kappa shape index (κ2) is 6.24. The van der Waals surface area contributed by atoms with Crippen molar-refractivity contribution >= 4 is 29.1 Å². The molecule has 1 fully saturated rings. The number of nitrogens with zero attached hydrogens (tertiary/aromatic N) is 5. The van der Waals surface area contributed by atoms with E-state index in [1.54, 1.807) is 6.20 Å². The molecule has 1 aliphatic heterocycles. The average Bonchev–Trinajstić information content (AvgIpc) is 2.51. The van der Waals surface area contributed by atoms with E-state index in [1.165, 1.54) is 0 Å². The summed E-state index contributed by atoms with van der Waals surface area (Å²) in [6.45, 7) is 3.94. The summed E-state index contributed by atoms with van der Waals surface area (Å²) in [5.41, 5.74) is 0.775. The standard InChI is InChI=1S/C14H17ClN6/c1-20-6-8-21(9-7-20)13-10-16-19-14(18-13)17-12-5-3-2-4-11(12)15/h2-5,10H,6-9H2,1H3,(H,17,18,19). The number of rotatable bonds is 3. The minimum absolute atomic E-state index is 0.458. The average molecular weight is 305 g/mol. The van der Waals surface area contributed by atoms with E-state index in [9.17, 15) is 0 Å². The number of halogens is 1. The number of nitrogens with one attached hydrogen (secondary N) is 1. The van der Waals surface area contributed by atoms with Crippen LogP contribution in [-0.4, -0.2) is 53.3 Å². The smallest absolute Gasteiger partial charge is 0.249 e. The van der Waals surface area contributed by atoms with Crippen molar-refractivity contribution in [3.63, 3.8) is 0 Å². The van der Waals surface area contributed by atoms with E-state index < -0.39 is 0 Å². The van der Waals surface area contributed by atoms with Crippen molar-refractivity contribution in [3.05, 3.63) is 35.5 Å². The molecule has 1 aromatic heterocycles. The van der Waals surface area contributed by atoms with E-state index in [0.717, 1.165) is 37.7 Å². The maximum absolute atomic E-state index is 6.12. The first kappa shape index (κ1) is 14.0. The lowest BCUT2D eigenvalue weighted by Gasteiger charge is -2.32. The van der Waals surface area contributed by atoms with Gasteiger partial charge in [-0.05, 0) is 19.2 Å². The van der Waals surface area contributed by atoms with Crippen LogP contribution in [0.3, 0.4) is 0 Å². The highest BCUT2D eigenvalue weighted by atomic mass is 35.5. The Bertz CT molecular complexity index is 612. The highest BCUT2D eigenvalue weighted by Crippen LogP contribution is 2.23. The van der Waals surface area contributed by atoms with Gasteiger partial charge in [0.05, 0.1) is 16.9 Å². The maximum atomic E-state index is 6.12. The van der Waals surface area contributed by atoms with E-state index in [-0.39, 0.29) is 0 Å². The van der Waals surface area contributed by atoms with Crippen molar-refractivity contribution in [2.75, 3.05) is 43.4 Å². The molecule has 7 heteroatoms. The summed E-state index contributed by atoms with van der Waals surface area (Å²) < 4.78 is 0. The highest BCUT2D eigenvalue weighted by molar-refractivity contribution is 6.33. The molecule has 3 rings (SSSR count). The third kappa shape index (κ3) is 3.40. The van der Waals surface area contributed by atoms with Gasteiger partial charge in [0.1, 0.15) is 0 Å². The number of hydrogen-bond donors (Lipinski definition) is 1. The van der Waals surface area contributed by atoms with Crippen LogP contribution in [0.5, 0.6) is 0 Å². The minimum Gasteiger partial charge on any atom is -0.353 e. The molecule has 0 saturated carbocycles. The van der Waals surface area contributed by atoms with Crippen LogP contribution in [-0.2, 0) is 0 Å². The largest absolute Gasteiger partial charge is 0.353 e. The quantitative estimate of drug-likeness (QED) is 0.936. The Hall–Kier alpha value is -1.92. The lowest BCUT2D eigenvalue weighted by atomic mass is 10.3. The Labute approximate surface area is 128 Å². The van der Waals surface area contributed by atoms with Crippen molar-refractivity contribution in [2.45, 2.75) is 0 Å². The first-order valence-electron chi connectivity index (χ1n) is 6.87. The van der Waals surface area contributed by atoms with Gasteiger partial charge in [0.2, 0.25) is 5.95 Å². The summed E-state index contributed by atoms with van der Waals surface area (Å²) in [5.74, 6) is 1.30. The van der Waals surface area contributed by atoms with Crippen molar-refractivity contribution in [3.8, 4) is 0 Å². The SMILES string of the molecule is CN1CCN(c2cnnc(Nc3ccccc3Cl)n2)CC1. The van der Waals surface area contributed by atoms with Crippen molar-refractivity contribution in [2.24, 2.45) is 0 Å². The number of aromatic nitrogens is 3. The number of anilines is 3. The van der Waals surface area contributed by atoms with Crippen LogP contribution in [0.15, 0.2) is 30.5 Å². The zero-order chi connectivity index (χ0) is 14.7. The van der Waals surface area contributed by atoms with E-state index >= 15 is 0 Å². The van der Waals surface area contributed by atoms with Gasteiger partial charge >= 0.3 is 0 Å². The molecule has 1 aromatic carbocycles. The molecule has 2 heterocycles. The first-order chi connectivity index (χ1) is 10.2. The van der Waals surface area contributed by atoms with Crippen LogP contribution in [0, 0.1) is 0 Å². The summed E-state index contributed by atoms with van der Waals surface area (Å²) in [4.78, 5) is 9.04. The topological polar surface area (TPSA) is 57.2 Å². The Morgan fingerprint density at radius 1 is 1.14 bits per heavy atom. The van der Waals surface area contributed by atoms with Crippen molar-refractivity contribution in [1.29, 1.82) is 0 Å². The molecule has 21 heavy (non-hydrogen) atoms. The van der Waals surface area contributed by atoms with Crippen molar-refractivity contribution < 1.29 is 0 Å². The molecular formula is C14H17ClN6. The highest BCUT2D eigenvalue weighted by Gasteiger charge is 2.16. The van der Waals surface area contributed by atoms with Gasteiger partial charge in [0.15, 0.2) is 5.82 Å². The van der Waals surface area contributed by atoms with Crippen LogP contribution in [0.1, 0.15) is 0 Å². The third-order valence-electron chi connectivity index (χ3n) is 3.49. The summed E-state index contributed by atoms with van der Waals surface area (Å²) in [6.07, 6.45) is 1.70. The fourth-order valence-corrected chi connectivity index (χ4v) is 2.40. The molecule has 0 bridgehead atoms. The van der Waals surface area contributed by atoms with Crippen LogP contribution in [0.4, 0.5) is 17.5 Å². The van der Waals surface area contributed by atoms with Gasteiger partial charge in [-0.3, -0.25) is 0 Å². The normalized spacial score (nSPS) is 16.0. The van der Waals surface area contributed by atoms with Crippen LogP contribution in [0.2, 0.25) is 5.02 Å². The fraction of sp³-hybridized carbons (Fsp3) is 0.357. The molecule has 0 aliphatic carbocycles. The summed E-state index contributed by atoms with van der Waals surface area (Å²) in [6, 6.07) is 7.50. The monoisotopic (exact) mass is 304 g/mol. The van der Waals surface area contributed by atoms with E-state index in [2.05, 4.69) is 37.3 Å². The Balaban J connectivity index is 1.76. The van der Waals surface area contributed by atoms with E-state index in [4.69, 9.17) is 11.6 Å². The number of hydrogen-bond acceptors (Lipinski definition) is 6. The van der Waals surface area contributed by atoms with Gasteiger partial charge in [-0.15, -0.1) is 5.10 Å². The molecule has 0 spiro atoms. The molecule has 1 aliphatic rings. The van der Waals surface area contributed by atoms with E-state index in [1.807, 2.05) is 24.3 Å². The number of piperazine rings is 1. The molecule has 2 aromatic rings. The molecule has 1 saturated heterocycles. The zero-order valence-corrected chi connectivity index (χ0v) is 12.6. The number of likely N-dealkylation sites (N-methyl/N-ethyl adjacent to an activating group) is 1. The van der Waals surface area contributed by atoms with E-state index in [0.29, 0.717) is 11.0 Å². The van der Waals surface area contributed by atoms with Gasteiger partial charge in [0, 0.05) is 26.2 Å². The molecule has 6 nitrogen and oxygen atoms in total. The Kier molecular flexibility index (Phi) is 4.17. The van der Waals surface area contributed by atoms with Crippen LogP contribution in [0.25, 0.3) is 0 Å². The van der Waals surface area contributed by atoms with Gasteiger partial charge in [-0.2, -0.15) is 10.1 Å².